The van der Waals surface area contributed by atoms with Crippen molar-refractivity contribution >= 4 is 48.1 Å². The lowest BCUT2D eigenvalue weighted by molar-refractivity contribution is 0.372. The van der Waals surface area contributed by atoms with Crippen LogP contribution in [0.4, 0.5) is 0 Å². The van der Waals surface area contributed by atoms with Gasteiger partial charge in [-0.15, -0.1) is 0 Å². The standard InChI is InChI=1S/C14H12Br2N2O4S/c1-22-13-7-9(6-12(16)14(13)19)8-17-18-23(20,21)11-4-2-10(15)3-5-11/h2-8,18-19H,1H3. The Morgan fingerprint density at radius 1 is 1.22 bits per heavy atom. The topological polar surface area (TPSA) is 88.0 Å². The first-order valence-electron chi connectivity index (χ1n) is 6.20. The van der Waals surface area contributed by atoms with E-state index in [0.29, 0.717) is 10.0 Å². The Kier molecular flexibility index (Phi) is 5.66. The molecule has 0 fully saturated rings. The zero-order valence-corrected chi connectivity index (χ0v) is 15.8. The first kappa shape index (κ1) is 17.8. The van der Waals surface area contributed by atoms with Crippen LogP contribution in [0, 0.1) is 0 Å². The second-order valence-electron chi connectivity index (χ2n) is 4.36. The fraction of sp³-hybridized carbons (Fsp3) is 0.0714. The molecule has 0 atom stereocenters. The molecule has 23 heavy (non-hydrogen) atoms. The molecule has 9 heteroatoms. The van der Waals surface area contributed by atoms with Crippen LogP contribution in [0.3, 0.4) is 0 Å². The highest BCUT2D eigenvalue weighted by atomic mass is 79.9. The Morgan fingerprint density at radius 3 is 2.48 bits per heavy atom. The number of rotatable bonds is 5. The first-order chi connectivity index (χ1) is 10.8. The van der Waals surface area contributed by atoms with Crippen LogP contribution in [0.2, 0.25) is 0 Å². The highest BCUT2D eigenvalue weighted by Crippen LogP contribution is 2.34. The van der Waals surface area contributed by atoms with Gasteiger partial charge in [0.15, 0.2) is 11.5 Å². The molecule has 0 saturated carbocycles. The average molecular weight is 464 g/mol. The molecule has 0 bridgehead atoms. The van der Waals surface area contributed by atoms with Crippen LogP contribution < -0.4 is 9.57 Å². The molecule has 0 aliphatic rings. The number of nitrogens with zero attached hydrogens (tertiary/aromatic N) is 1. The molecule has 0 heterocycles. The van der Waals surface area contributed by atoms with Crippen molar-refractivity contribution in [2.45, 2.75) is 4.90 Å². The number of nitrogens with one attached hydrogen (secondary N) is 1. The van der Waals surface area contributed by atoms with Crippen molar-refractivity contribution in [3.05, 3.63) is 50.9 Å². The van der Waals surface area contributed by atoms with E-state index in [2.05, 4.69) is 41.8 Å². The first-order valence-corrected chi connectivity index (χ1v) is 9.27. The largest absolute Gasteiger partial charge is 0.503 e. The third-order valence-corrected chi connectivity index (χ3v) is 5.15. The van der Waals surface area contributed by atoms with E-state index in [-0.39, 0.29) is 16.4 Å². The molecule has 122 valence electrons. The molecule has 0 radical (unpaired) electrons. The summed E-state index contributed by atoms with van der Waals surface area (Å²) in [5.41, 5.74) is 0.546. The fourth-order valence-electron chi connectivity index (χ4n) is 1.66. The second-order valence-corrected chi connectivity index (χ2v) is 7.79. The summed E-state index contributed by atoms with van der Waals surface area (Å²) in [6, 6.07) is 9.28. The molecule has 2 rings (SSSR count). The van der Waals surface area contributed by atoms with Crippen LogP contribution in [-0.4, -0.2) is 26.8 Å². The van der Waals surface area contributed by atoms with Gasteiger partial charge in [0.1, 0.15) is 0 Å². The van der Waals surface area contributed by atoms with E-state index in [1.807, 2.05) is 0 Å². The van der Waals surface area contributed by atoms with Crippen molar-refractivity contribution < 1.29 is 18.3 Å². The van der Waals surface area contributed by atoms with Crippen LogP contribution in [0.5, 0.6) is 11.5 Å². The van der Waals surface area contributed by atoms with E-state index in [0.717, 1.165) is 4.47 Å². The molecule has 0 spiro atoms. The number of halogens is 2. The van der Waals surface area contributed by atoms with E-state index in [9.17, 15) is 13.5 Å². The van der Waals surface area contributed by atoms with Crippen molar-refractivity contribution in [1.29, 1.82) is 0 Å². The van der Waals surface area contributed by atoms with Crippen LogP contribution in [0.15, 0.2) is 55.3 Å². The highest BCUT2D eigenvalue weighted by molar-refractivity contribution is 9.10. The number of phenolic OH excluding ortho intramolecular Hbond substituents is 1. The van der Waals surface area contributed by atoms with Crippen molar-refractivity contribution in [3.63, 3.8) is 0 Å². The van der Waals surface area contributed by atoms with Gasteiger partial charge in [-0.1, -0.05) is 15.9 Å². The Morgan fingerprint density at radius 2 is 1.87 bits per heavy atom. The predicted octanol–water partition coefficient (Wildman–Crippen LogP) is 3.24. The number of benzene rings is 2. The SMILES string of the molecule is COc1cc(C=NNS(=O)(=O)c2ccc(Br)cc2)cc(Br)c1O. The molecule has 0 aliphatic heterocycles. The maximum absolute atomic E-state index is 12.1. The van der Waals surface area contributed by atoms with Gasteiger partial charge in [-0.2, -0.15) is 13.5 Å². The Labute approximate surface area is 150 Å². The molecule has 0 saturated heterocycles. The molecule has 2 aromatic carbocycles. The van der Waals surface area contributed by atoms with Gasteiger partial charge in [-0.3, -0.25) is 0 Å². The minimum Gasteiger partial charge on any atom is -0.503 e. The Bertz CT molecular complexity index is 837. The number of hydrogen-bond acceptors (Lipinski definition) is 5. The highest BCUT2D eigenvalue weighted by Gasteiger charge is 2.12. The van der Waals surface area contributed by atoms with Gasteiger partial charge >= 0.3 is 0 Å². The average Bonchev–Trinajstić information content (AvgIpc) is 2.51. The summed E-state index contributed by atoms with van der Waals surface area (Å²) in [4.78, 5) is 2.22. The van der Waals surface area contributed by atoms with Gasteiger partial charge in [0, 0.05) is 4.47 Å². The third-order valence-electron chi connectivity index (χ3n) is 2.78. The van der Waals surface area contributed by atoms with Crippen molar-refractivity contribution in [2.24, 2.45) is 5.10 Å². The van der Waals surface area contributed by atoms with Crippen LogP contribution in [0.25, 0.3) is 0 Å². The Hall–Kier alpha value is -1.58. The number of methoxy groups -OCH3 is 1. The summed E-state index contributed by atoms with van der Waals surface area (Å²) in [6.07, 6.45) is 1.31. The number of sulfonamides is 1. The lowest BCUT2D eigenvalue weighted by Gasteiger charge is -2.06. The molecule has 6 nitrogen and oxygen atoms in total. The summed E-state index contributed by atoms with van der Waals surface area (Å²) in [6.45, 7) is 0. The third kappa shape index (κ3) is 4.46. The number of ether oxygens (including phenoxy) is 1. The number of phenols is 1. The molecule has 0 unspecified atom stereocenters. The summed E-state index contributed by atoms with van der Waals surface area (Å²) in [5, 5.41) is 13.4. The Balaban J connectivity index is 2.18. The minimum atomic E-state index is -3.74. The van der Waals surface area contributed by atoms with E-state index in [1.54, 1.807) is 18.2 Å². The maximum atomic E-state index is 12.1. The molecule has 0 aromatic heterocycles. The maximum Gasteiger partial charge on any atom is 0.276 e. The van der Waals surface area contributed by atoms with Gasteiger partial charge in [-0.05, 0) is 57.9 Å². The van der Waals surface area contributed by atoms with Crippen LogP contribution >= 0.6 is 31.9 Å². The minimum absolute atomic E-state index is 0.0416. The monoisotopic (exact) mass is 462 g/mol. The molecular formula is C14H12Br2N2O4S. The summed E-state index contributed by atoms with van der Waals surface area (Å²) >= 11 is 6.42. The molecule has 0 aliphatic carbocycles. The van der Waals surface area contributed by atoms with Crippen molar-refractivity contribution in [1.82, 2.24) is 4.83 Å². The van der Waals surface area contributed by atoms with Crippen molar-refractivity contribution in [2.75, 3.05) is 7.11 Å². The van der Waals surface area contributed by atoms with Crippen LogP contribution in [-0.2, 0) is 10.0 Å². The van der Waals surface area contributed by atoms with Gasteiger partial charge in [-0.25, -0.2) is 4.83 Å². The van der Waals surface area contributed by atoms with E-state index < -0.39 is 10.0 Å². The second kappa shape index (κ2) is 7.33. The zero-order valence-electron chi connectivity index (χ0n) is 11.8. The smallest absolute Gasteiger partial charge is 0.276 e. The lowest BCUT2D eigenvalue weighted by Crippen LogP contribution is -2.18. The summed E-state index contributed by atoms with van der Waals surface area (Å²) in [5.74, 6) is 0.205. The van der Waals surface area contributed by atoms with Gasteiger partial charge in [0.25, 0.3) is 10.0 Å². The normalized spacial score (nSPS) is 11.6. The zero-order chi connectivity index (χ0) is 17.0. The van der Waals surface area contributed by atoms with Gasteiger partial charge in [0.05, 0.1) is 22.7 Å². The molecule has 0 amide bonds. The van der Waals surface area contributed by atoms with E-state index >= 15 is 0 Å². The van der Waals surface area contributed by atoms with Gasteiger partial charge < -0.3 is 9.84 Å². The molecule has 2 aromatic rings. The molecular weight excluding hydrogens is 452 g/mol. The van der Waals surface area contributed by atoms with E-state index in [4.69, 9.17) is 4.74 Å². The van der Waals surface area contributed by atoms with Crippen LogP contribution in [0.1, 0.15) is 5.56 Å². The van der Waals surface area contributed by atoms with E-state index in [1.165, 1.54) is 31.5 Å². The predicted molar refractivity (Wildman–Crippen MR) is 94.4 cm³/mol. The fourth-order valence-corrected chi connectivity index (χ4v) is 3.18. The number of hydrogen-bond donors (Lipinski definition) is 2. The van der Waals surface area contributed by atoms with Gasteiger partial charge in [0.2, 0.25) is 0 Å². The van der Waals surface area contributed by atoms with Crippen molar-refractivity contribution in [3.8, 4) is 11.5 Å². The summed E-state index contributed by atoms with van der Waals surface area (Å²) < 4.78 is 30.3. The lowest BCUT2D eigenvalue weighted by atomic mass is 10.2. The molecule has 2 N–H and O–H groups in total. The number of hydrazone groups is 1. The number of aromatic hydroxyl groups is 1. The summed E-state index contributed by atoms with van der Waals surface area (Å²) in [7, 11) is -2.33. The quantitative estimate of drug-likeness (QED) is 0.526.